The minimum atomic E-state index is 0.590. The lowest BCUT2D eigenvalue weighted by atomic mass is 10.1. The number of hydrogen-bond donors (Lipinski definition) is 0. The van der Waals surface area contributed by atoms with Crippen LogP contribution in [0.15, 0.2) is 4.99 Å². The molecule has 0 saturated carbocycles. The fourth-order valence-electron chi connectivity index (χ4n) is 1.23. The molecule has 0 bridgehead atoms. The number of nitrogens with zero attached hydrogens (tertiary/aromatic N) is 2. The molecule has 0 aromatic carbocycles. The third-order valence-electron chi connectivity index (χ3n) is 1.97. The van der Waals surface area contributed by atoms with Gasteiger partial charge in [0.15, 0.2) is 5.17 Å². The summed E-state index contributed by atoms with van der Waals surface area (Å²) < 4.78 is 0. The highest BCUT2D eigenvalue weighted by molar-refractivity contribution is 8.14. The predicted molar refractivity (Wildman–Crippen MR) is 56.9 cm³/mol. The SMILES string of the molecule is CCCCC1CSC(N(C)C)=N1. The highest BCUT2D eigenvalue weighted by Crippen LogP contribution is 2.22. The van der Waals surface area contributed by atoms with Crippen molar-refractivity contribution in [3.8, 4) is 0 Å². The number of hydrogen-bond acceptors (Lipinski definition) is 3. The minimum Gasteiger partial charge on any atom is -0.358 e. The van der Waals surface area contributed by atoms with E-state index in [1.807, 2.05) is 11.8 Å². The van der Waals surface area contributed by atoms with Crippen molar-refractivity contribution in [2.75, 3.05) is 19.8 Å². The second kappa shape index (κ2) is 4.75. The van der Waals surface area contributed by atoms with E-state index in [0.717, 1.165) is 0 Å². The number of rotatable bonds is 3. The molecule has 0 N–H and O–H groups in total. The molecule has 1 unspecified atom stereocenters. The van der Waals surface area contributed by atoms with E-state index >= 15 is 0 Å². The third-order valence-corrected chi connectivity index (χ3v) is 3.25. The maximum atomic E-state index is 4.63. The molecular weight excluding hydrogens is 168 g/mol. The van der Waals surface area contributed by atoms with Gasteiger partial charge in [-0.3, -0.25) is 4.99 Å². The highest BCUT2D eigenvalue weighted by atomic mass is 32.2. The van der Waals surface area contributed by atoms with Gasteiger partial charge in [0.2, 0.25) is 0 Å². The van der Waals surface area contributed by atoms with Crippen LogP contribution in [0.4, 0.5) is 0 Å². The second-order valence-corrected chi connectivity index (χ2v) is 4.40. The minimum absolute atomic E-state index is 0.590. The molecule has 1 atom stereocenters. The number of thioether (sulfide) groups is 1. The second-order valence-electron chi connectivity index (χ2n) is 3.41. The van der Waals surface area contributed by atoms with Crippen LogP contribution in [0.25, 0.3) is 0 Å². The molecule has 0 saturated heterocycles. The van der Waals surface area contributed by atoms with Gasteiger partial charge in [0.25, 0.3) is 0 Å². The largest absolute Gasteiger partial charge is 0.358 e. The first-order valence-corrected chi connectivity index (χ1v) is 5.60. The fourth-order valence-corrected chi connectivity index (χ4v) is 2.30. The van der Waals surface area contributed by atoms with Crippen molar-refractivity contribution < 1.29 is 0 Å². The molecule has 3 heteroatoms. The summed E-state index contributed by atoms with van der Waals surface area (Å²) in [5.74, 6) is 1.19. The van der Waals surface area contributed by atoms with Crippen molar-refractivity contribution in [1.29, 1.82) is 0 Å². The van der Waals surface area contributed by atoms with E-state index < -0.39 is 0 Å². The smallest absolute Gasteiger partial charge is 0.159 e. The lowest BCUT2D eigenvalue weighted by Gasteiger charge is -2.09. The van der Waals surface area contributed by atoms with Gasteiger partial charge in [-0.05, 0) is 6.42 Å². The molecular formula is C9H18N2S. The van der Waals surface area contributed by atoms with Crippen LogP contribution in [-0.4, -0.2) is 36.0 Å². The standard InChI is InChI=1S/C9H18N2S/c1-4-5-6-8-7-12-9(10-8)11(2)3/h8H,4-7H2,1-3H3. The van der Waals surface area contributed by atoms with E-state index in [1.54, 1.807) is 0 Å². The van der Waals surface area contributed by atoms with E-state index in [0.29, 0.717) is 6.04 Å². The van der Waals surface area contributed by atoms with Crippen LogP contribution in [0.5, 0.6) is 0 Å². The maximum Gasteiger partial charge on any atom is 0.159 e. The molecule has 1 aliphatic rings. The Kier molecular flexibility index (Phi) is 3.92. The van der Waals surface area contributed by atoms with Gasteiger partial charge in [-0.25, -0.2) is 0 Å². The Morgan fingerprint density at radius 2 is 2.33 bits per heavy atom. The summed E-state index contributed by atoms with van der Waals surface area (Å²) >= 11 is 1.88. The van der Waals surface area contributed by atoms with E-state index in [1.165, 1.54) is 30.2 Å². The summed E-state index contributed by atoms with van der Waals surface area (Å²) in [4.78, 5) is 6.74. The molecule has 0 aromatic heterocycles. The molecule has 0 fully saturated rings. The topological polar surface area (TPSA) is 15.6 Å². The normalized spacial score (nSPS) is 22.6. The van der Waals surface area contributed by atoms with E-state index in [4.69, 9.17) is 0 Å². The van der Waals surface area contributed by atoms with Crippen LogP contribution in [0, 0.1) is 0 Å². The molecule has 0 spiro atoms. The summed E-state index contributed by atoms with van der Waals surface area (Å²) in [6.45, 7) is 2.23. The molecule has 0 aliphatic carbocycles. The zero-order valence-corrected chi connectivity index (χ0v) is 9.02. The average molecular weight is 186 g/mol. The summed E-state index contributed by atoms with van der Waals surface area (Å²) in [6.07, 6.45) is 3.87. The van der Waals surface area contributed by atoms with Gasteiger partial charge in [0, 0.05) is 19.8 Å². The van der Waals surface area contributed by atoms with Crippen molar-refractivity contribution in [3.63, 3.8) is 0 Å². The lowest BCUT2D eigenvalue weighted by Crippen LogP contribution is -2.16. The highest BCUT2D eigenvalue weighted by Gasteiger charge is 2.18. The fraction of sp³-hybridized carbons (Fsp3) is 0.889. The Hall–Kier alpha value is -0.180. The number of unbranched alkanes of at least 4 members (excludes halogenated alkanes) is 1. The van der Waals surface area contributed by atoms with Gasteiger partial charge < -0.3 is 4.90 Å². The quantitative estimate of drug-likeness (QED) is 0.671. The van der Waals surface area contributed by atoms with E-state index in [2.05, 4.69) is 30.9 Å². The summed E-state index contributed by atoms with van der Waals surface area (Å²) in [7, 11) is 4.13. The molecule has 2 nitrogen and oxygen atoms in total. The Bertz CT molecular complexity index is 166. The van der Waals surface area contributed by atoms with Gasteiger partial charge >= 0.3 is 0 Å². The molecule has 1 aliphatic heterocycles. The molecule has 1 rings (SSSR count). The Morgan fingerprint density at radius 3 is 2.83 bits per heavy atom. The van der Waals surface area contributed by atoms with Crippen molar-refractivity contribution >= 4 is 16.9 Å². The molecule has 12 heavy (non-hydrogen) atoms. The number of amidine groups is 1. The molecule has 0 aromatic rings. The summed E-state index contributed by atoms with van der Waals surface area (Å²) in [5, 5.41) is 1.20. The molecule has 70 valence electrons. The van der Waals surface area contributed by atoms with Gasteiger partial charge in [-0.1, -0.05) is 31.5 Å². The first-order valence-electron chi connectivity index (χ1n) is 4.62. The van der Waals surface area contributed by atoms with Crippen LogP contribution >= 0.6 is 11.8 Å². The Morgan fingerprint density at radius 1 is 1.58 bits per heavy atom. The van der Waals surface area contributed by atoms with Crippen molar-refractivity contribution in [2.45, 2.75) is 32.2 Å². The molecule has 1 heterocycles. The van der Waals surface area contributed by atoms with Crippen molar-refractivity contribution in [1.82, 2.24) is 4.90 Å². The van der Waals surface area contributed by atoms with E-state index in [9.17, 15) is 0 Å². The van der Waals surface area contributed by atoms with Crippen LogP contribution in [0.2, 0.25) is 0 Å². The Balaban J connectivity index is 2.31. The molecule has 0 amide bonds. The first kappa shape index (κ1) is 9.90. The lowest BCUT2D eigenvalue weighted by molar-refractivity contribution is 0.602. The summed E-state index contributed by atoms with van der Waals surface area (Å²) in [5.41, 5.74) is 0. The van der Waals surface area contributed by atoms with Crippen LogP contribution in [-0.2, 0) is 0 Å². The van der Waals surface area contributed by atoms with Gasteiger partial charge in [0.05, 0.1) is 6.04 Å². The molecule has 0 radical (unpaired) electrons. The zero-order chi connectivity index (χ0) is 8.97. The average Bonchev–Trinajstić information content (AvgIpc) is 2.48. The maximum absolute atomic E-state index is 4.63. The first-order chi connectivity index (χ1) is 5.74. The monoisotopic (exact) mass is 186 g/mol. The van der Waals surface area contributed by atoms with Crippen molar-refractivity contribution in [3.05, 3.63) is 0 Å². The van der Waals surface area contributed by atoms with Crippen molar-refractivity contribution in [2.24, 2.45) is 4.99 Å². The summed E-state index contributed by atoms with van der Waals surface area (Å²) in [6, 6.07) is 0.590. The zero-order valence-electron chi connectivity index (χ0n) is 8.21. The van der Waals surface area contributed by atoms with Crippen LogP contribution < -0.4 is 0 Å². The predicted octanol–water partition coefficient (Wildman–Crippen LogP) is 2.21. The van der Waals surface area contributed by atoms with Crippen LogP contribution in [0.3, 0.4) is 0 Å². The Labute approximate surface area is 79.4 Å². The van der Waals surface area contributed by atoms with Gasteiger partial charge in [-0.2, -0.15) is 0 Å². The van der Waals surface area contributed by atoms with Gasteiger partial charge in [0.1, 0.15) is 0 Å². The number of aliphatic imine (C=N–C) groups is 1. The van der Waals surface area contributed by atoms with Crippen LogP contribution in [0.1, 0.15) is 26.2 Å². The third kappa shape index (κ3) is 2.70. The van der Waals surface area contributed by atoms with Gasteiger partial charge in [-0.15, -0.1) is 0 Å². The van der Waals surface area contributed by atoms with E-state index in [-0.39, 0.29) is 0 Å².